The molecular formula is C15H12Cl4NO5PS2. The number of hydrogen-bond acceptors (Lipinski definition) is 7. The molecule has 0 atom stereocenters. The van der Waals surface area contributed by atoms with E-state index >= 15 is 0 Å². The van der Waals surface area contributed by atoms with Crippen LogP contribution in [0.2, 0.25) is 20.1 Å². The minimum absolute atomic E-state index is 0.338. The molecule has 13 heteroatoms. The summed E-state index contributed by atoms with van der Waals surface area (Å²) in [7, 11) is -3.83. The number of rotatable bonds is 10. The molecule has 0 heterocycles. The van der Waals surface area contributed by atoms with Gasteiger partial charge in [0.1, 0.15) is 6.29 Å². The lowest BCUT2D eigenvalue weighted by atomic mass is 10.4. The zero-order valence-corrected chi connectivity index (χ0v) is 19.3. The maximum Gasteiger partial charge on any atom is 0.367 e. The number of hydrogen-bond donors (Lipinski definition) is 2. The Bertz CT molecular complexity index is 845. The lowest BCUT2D eigenvalue weighted by Gasteiger charge is -2.17. The summed E-state index contributed by atoms with van der Waals surface area (Å²) in [5.74, 6) is -1.12. The lowest BCUT2D eigenvalue weighted by molar-refractivity contribution is -0.135. The number of nitrogens with one attached hydrogen (secondary N) is 1. The van der Waals surface area contributed by atoms with Crippen LogP contribution < -0.4 is 5.32 Å². The van der Waals surface area contributed by atoms with Crippen LogP contribution in [-0.4, -0.2) is 23.9 Å². The Labute approximate surface area is 190 Å². The van der Waals surface area contributed by atoms with Crippen LogP contribution in [0.4, 0.5) is 0 Å². The summed E-state index contributed by atoms with van der Waals surface area (Å²) in [6, 6.07) is 9.37. The molecule has 0 radical (unpaired) electrons. The second-order valence-electron chi connectivity index (χ2n) is 5.05. The Morgan fingerprint density at radius 1 is 0.964 bits per heavy atom. The molecule has 2 aromatic rings. The summed E-state index contributed by atoms with van der Waals surface area (Å²) in [6.07, 6.45) is -0.365. The van der Waals surface area contributed by atoms with Gasteiger partial charge in [-0.2, -0.15) is 0 Å². The van der Waals surface area contributed by atoms with Gasteiger partial charge in [0, 0.05) is 34.1 Å². The van der Waals surface area contributed by atoms with Crippen LogP contribution in [0.25, 0.3) is 0 Å². The van der Waals surface area contributed by atoms with E-state index in [0.29, 0.717) is 54.0 Å². The average molecular weight is 523 g/mol. The molecule has 0 saturated carbocycles. The molecule has 2 rings (SSSR count). The maximum absolute atomic E-state index is 13.0. The van der Waals surface area contributed by atoms with E-state index in [4.69, 9.17) is 59.5 Å². The fraction of sp³-hybridized carbons (Fsp3) is 0.133. The molecule has 0 saturated heterocycles. The molecule has 152 valence electrons. The molecule has 0 aliphatic heterocycles. The minimum Gasteiger partial charge on any atom is -0.480 e. The fourth-order valence-electron chi connectivity index (χ4n) is 1.64. The fourth-order valence-corrected chi connectivity index (χ4v) is 5.87. The molecular weight excluding hydrogens is 511 g/mol. The van der Waals surface area contributed by atoms with Gasteiger partial charge in [0.2, 0.25) is 0 Å². The molecule has 0 fully saturated rings. The summed E-state index contributed by atoms with van der Waals surface area (Å²) in [5, 5.41) is 12.7. The van der Waals surface area contributed by atoms with Crippen LogP contribution in [0.15, 0.2) is 46.2 Å². The zero-order valence-electron chi connectivity index (χ0n) is 13.7. The first-order chi connectivity index (χ1) is 13.2. The average Bonchev–Trinajstić information content (AvgIpc) is 2.63. The molecule has 0 aliphatic carbocycles. The van der Waals surface area contributed by atoms with E-state index < -0.39 is 20.1 Å². The van der Waals surface area contributed by atoms with Crippen LogP contribution in [0, 0.1) is 0 Å². The Hall–Kier alpha value is -0.120. The highest BCUT2D eigenvalue weighted by molar-refractivity contribution is 8.02. The molecule has 6 nitrogen and oxygen atoms in total. The van der Waals surface area contributed by atoms with Crippen molar-refractivity contribution in [3.05, 3.63) is 56.5 Å². The Kier molecular flexibility index (Phi) is 9.76. The molecule has 0 aromatic heterocycles. The van der Waals surface area contributed by atoms with E-state index in [0.717, 1.165) is 0 Å². The number of carboxylic acid groups (broad SMARTS) is 1. The molecule has 0 amide bonds. The predicted molar refractivity (Wildman–Crippen MR) is 115 cm³/mol. The molecule has 2 N–H and O–H groups in total. The third-order valence-corrected chi connectivity index (χ3v) is 8.26. The second-order valence-corrected chi connectivity index (χ2v) is 10.7. The normalized spacial score (nSPS) is 11.6. The van der Waals surface area contributed by atoms with Crippen molar-refractivity contribution in [3.63, 3.8) is 0 Å². The number of carbonyl (C=O) groups is 1. The third-order valence-electron chi connectivity index (χ3n) is 2.85. The number of carboxylic acids is 1. The molecule has 2 aromatic carbocycles. The third kappa shape index (κ3) is 7.95. The van der Waals surface area contributed by atoms with Crippen molar-refractivity contribution in [2.45, 2.75) is 9.79 Å². The smallest absolute Gasteiger partial charge is 0.367 e. The predicted octanol–water partition coefficient (Wildman–Crippen LogP) is 6.87. The van der Waals surface area contributed by atoms with Crippen LogP contribution in [0.5, 0.6) is 0 Å². The van der Waals surface area contributed by atoms with Gasteiger partial charge < -0.3 is 5.11 Å². The summed E-state index contributed by atoms with van der Waals surface area (Å²) in [6.45, 7) is -0.429. The van der Waals surface area contributed by atoms with Crippen molar-refractivity contribution < 1.29 is 22.4 Å². The van der Waals surface area contributed by atoms with Gasteiger partial charge in [-0.25, -0.2) is 7.94 Å². The van der Waals surface area contributed by atoms with Crippen molar-refractivity contribution in [2.75, 3.05) is 12.8 Å². The minimum atomic E-state index is -3.83. The summed E-state index contributed by atoms with van der Waals surface area (Å²) in [5.41, 5.74) is 0. The van der Waals surface area contributed by atoms with Gasteiger partial charge in [-0.1, -0.05) is 46.4 Å². The van der Waals surface area contributed by atoms with Crippen LogP contribution in [-0.2, 0) is 17.3 Å². The maximum atomic E-state index is 13.0. The summed E-state index contributed by atoms with van der Waals surface area (Å²) in [4.78, 5) is 11.5. The largest absolute Gasteiger partial charge is 0.480 e. The van der Waals surface area contributed by atoms with E-state index in [-0.39, 0.29) is 6.29 Å². The Morgan fingerprint density at radius 2 is 1.43 bits per heavy atom. The van der Waals surface area contributed by atoms with Gasteiger partial charge in [0.25, 0.3) is 0 Å². The van der Waals surface area contributed by atoms with Crippen molar-refractivity contribution >= 4 is 84.1 Å². The number of aliphatic carboxylic acids is 1. The number of halogens is 4. The standard InChI is InChI=1S/C15H12Cl4NO5PS2/c16-9-1-3-11(18)13(5-9)27-24-26(23,8-20-7-15(21)22)25-28-14-6-10(17)2-4-12(14)19/h1-6,20H,7-8H2,(H,21,22). The first-order valence-electron chi connectivity index (χ1n) is 7.33. The Balaban J connectivity index is 2.11. The van der Waals surface area contributed by atoms with E-state index in [1.165, 1.54) is 12.1 Å². The van der Waals surface area contributed by atoms with E-state index in [9.17, 15) is 9.36 Å². The van der Waals surface area contributed by atoms with Crippen molar-refractivity contribution in [1.82, 2.24) is 5.32 Å². The molecule has 0 spiro atoms. The highest BCUT2D eigenvalue weighted by Gasteiger charge is 2.28. The number of benzene rings is 2. The zero-order chi connectivity index (χ0) is 20.7. The first kappa shape index (κ1) is 24.2. The molecule has 0 unspecified atom stereocenters. The highest BCUT2D eigenvalue weighted by atomic mass is 35.5. The lowest BCUT2D eigenvalue weighted by Crippen LogP contribution is -2.23. The van der Waals surface area contributed by atoms with Crippen molar-refractivity contribution in [3.8, 4) is 0 Å². The van der Waals surface area contributed by atoms with Gasteiger partial charge in [0.15, 0.2) is 0 Å². The summed E-state index contributed by atoms with van der Waals surface area (Å²) < 4.78 is 23.8. The van der Waals surface area contributed by atoms with Crippen molar-refractivity contribution in [1.29, 1.82) is 0 Å². The van der Waals surface area contributed by atoms with Gasteiger partial charge in [0.05, 0.1) is 26.4 Å². The van der Waals surface area contributed by atoms with Gasteiger partial charge in [-0.05, 0) is 36.4 Å². The molecule has 0 bridgehead atoms. The molecule has 0 aliphatic rings. The van der Waals surface area contributed by atoms with Crippen LogP contribution >= 0.6 is 78.1 Å². The highest BCUT2D eigenvalue weighted by Crippen LogP contribution is 2.57. The molecule has 28 heavy (non-hydrogen) atoms. The van der Waals surface area contributed by atoms with Crippen molar-refractivity contribution in [2.24, 2.45) is 0 Å². The second kappa shape index (κ2) is 11.3. The Morgan fingerprint density at radius 3 is 1.86 bits per heavy atom. The first-order valence-corrected chi connectivity index (χ1v) is 12.0. The van der Waals surface area contributed by atoms with E-state index in [2.05, 4.69) is 5.32 Å². The van der Waals surface area contributed by atoms with E-state index in [1.807, 2.05) is 0 Å². The quantitative estimate of drug-likeness (QED) is 0.258. The van der Waals surface area contributed by atoms with E-state index in [1.54, 1.807) is 24.3 Å². The summed E-state index contributed by atoms with van der Waals surface area (Å²) >= 11 is 25.4. The monoisotopic (exact) mass is 521 g/mol. The topological polar surface area (TPSA) is 84.9 Å². The van der Waals surface area contributed by atoms with Gasteiger partial charge >= 0.3 is 13.6 Å². The van der Waals surface area contributed by atoms with Crippen LogP contribution in [0.3, 0.4) is 0 Å². The van der Waals surface area contributed by atoms with Gasteiger partial charge in [-0.15, -0.1) is 0 Å². The van der Waals surface area contributed by atoms with Crippen LogP contribution in [0.1, 0.15) is 0 Å². The van der Waals surface area contributed by atoms with Gasteiger partial charge in [-0.3, -0.25) is 14.7 Å². The SMILES string of the molecule is O=C(O)CNCP(=O)(OSc1cc(Cl)ccc1Cl)OSc1cc(Cl)ccc1Cl.